The summed E-state index contributed by atoms with van der Waals surface area (Å²) in [5, 5.41) is 41.3. The molecule has 0 unspecified atom stereocenters. The average molecular weight is 1630 g/mol. The lowest BCUT2D eigenvalue weighted by Gasteiger charge is -2.15. The second kappa shape index (κ2) is 32.1. The van der Waals surface area contributed by atoms with E-state index in [0.717, 1.165) is 26.8 Å². The number of hydrogen-bond donors (Lipinski definition) is 7. The number of nitrogens with zero attached hydrogens (tertiary/aromatic N) is 9. The van der Waals surface area contributed by atoms with Gasteiger partial charge >= 0.3 is 12.2 Å². The molecular weight excluding hydrogens is 1560 g/mol. The number of carbonyl (C=O) groups excluding carboxylic acids is 5. The van der Waals surface area contributed by atoms with Crippen molar-refractivity contribution in [2.45, 2.75) is 73.6 Å². The van der Waals surface area contributed by atoms with Crippen molar-refractivity contribution in [1.29, 1.82) is 0 Å². The number of non-ortho nitro benzene ring substituents is 2. The zero-order chi connectivity index (χ0) is 80.4. The number of nitro groups is 2. The molecular formula is C64H77N15O24S6. The fourth-order valence-corrected chi connectivity index (χ4v) is 19.6. The summed E-state index contributed by atoms with van der Waals surface area (Å²) in [6.45, 7) is 5.72. The van der Waals surface area contributed by atoms with Crippen molar-refractivity contribution < 1.29 is 98.9 Å². The Kier molecular flexibility index (Phi) is 24.2. The van der Waals surface area contributed by atoms with Crippen LogP contribution in [0.2, 0.25) is 0 Å². The number of cyclic esters (lactones) is 2. The van der Waals surface area contributed by atoms with E-state index in [1.54, 1.807) is 79.8 Å². The fraction of sp³-hybridized carbons (Fsp3) is 0.359. The van der Waals surface area contributed by atoms with E-state index in [-0.39, 0.29) is 89.8 Å². The highest BCUT2D eigenvalue weighted by atomic mass is 32.2. The summed E-state index contributed by atoms with van der Waals surface area (Å²) in [6.07, 6.45) is -2.57. The molecule has 0 aromatic heterocycles. The smallest absolute Gasteiger partial charge is 0.414 e. The van der Waals surface area contributed by atoms with Crippen LogP contribution in [0.25, 0.3) is 0 Å². The number of amides is 5. The van der Waals surface area contributed by atoms with Crippen LogP contribution in [0, 0.1) is 20.2 Å². The van der Waals surface area contributed by atoms with E-state index in [0.29, 0.717) is 80.8 Å². The van der Waals surface area contributed by atoms with Gasteiger partial charge in [-0.2, -0.15) is 0 Å². The number of sulfonamides is 6. The monoisotopic (exact) mass is 1630 g/mol. The topological polar surface area (TPSA) is 524 Å². The number of nitrogens with two attached hydrogens (primary N) is 1. The summed E-state index contributed by atoms with van der Waals surface area (Å²) in [6, 6.07) is 28.6. The molecule has 8 aliphatic rings. The van der Waals surface area contributed by atoms with Crippen LogP contribution in [0.3, 0.4) is 0 Å². The highest BCUT2D eigenvalue weighted by Crippen LogP contribution is 2.40. The van der Waals surface area contributed by atoms with Gasteiger partial charge in [-0.3, -0.25) is 70.7 Å². The third kappa shape index (κ3) is 19.5. The van der Waals surface area contributed by atoms with Gasteiger partial charge in [0.2, 0.25) is 77.9 Å². The molecule has 0 saturated carbocycles. The van der Waals surface area contributed by atoms with Crippen molar-refractivity contribution in [2.24, 2.45) is 0 Å². The number of rotatable bonds is 13. The highest BCUT2D eigenvalue weighted by Gasteiger charge is 2.39. The molecule has 8 N–H and O–H groups in total. The van der Waals surface area contributed by atoms with Gasteiger partial charge in [-0.05, 0) is 113 Å². The summed E-state index contributed by atoms with van der Waals surface area (Å²) < 4.78 is 158. The molecule has 8 aliphatic heterocycles. The van der Waals surface area contributed by atoms with Gasteiger partial charge in [0.15, 0.2) is 0 Å². The number of benzene rings is 6. The maximum Gasteiger partial charge on any atom is 0.414 e. The Morgan fingerprint density at radius 1 is 0.486 bits per heavy atom. The summed E-state index contributed by atoms with van der Waals surface area (Å²) in [7, 11) is -12.1. The molecule has 0 bridgehead atoms. The first kappa shape index (κ1) is 82.2. The SMILES string of the molecule is CC(=O)NC[C@H](O)CNc1ccc2c(c1)CS(=O)(=O)N2C.CC(=O)NC[C@H]1CN(c2ccc3c(c2)CS(=O)(=O)N3C)C(=O)O1.CC(=O)NC[C@H]1CN(c2ccc3c(c2)CS(=O)(=O)N3C)C(=O)O1.CN1c2ccc(N)cc2CS1(=O)=O.CN1c2ccc([N+](=O)[O-])cc2CS1(=O)=O.O=[N+]([O-])c1ccc2c(c1)CS(=O)(=O)N2. The lowest BCUT2D eigenvalue weighted by atomic mass is 10.1. The largest absolute Gasteiger partial charge is 0.442 e. The summed E-state index contributed by atoms with van der Waals surface area (Å²) in [5.74, 6) is -1.04. The maximum atomic E-state index is 12.0. The van der Waals surface area contributed by atoms with Crippen molar-refractivity contribution in [3.05, 3.63) is 163 Å². The lowest BCUT2D eigenvalue weighted by molar-refractivity contribution is -0.385. The molecule has 14 rings (SSSR count). The second-order valence-electron chi connectivity index (χ2n) is 25.6. The van der Waals surface area contributed by atoms with E-state index >= 15 is 0 Å². The van der Waals surface area contributed by atoms with Gasteiger partial charge < -0.3 is 41.6 Å². The van der Waals surface area contributed by atoms with Gasteiger partial charge in [0.05, 0.1) is 111 Å². The Balaban J connectivity index is 0.000000153. The van der Waals surface area contributed by atoms with Crippen LogP contribution in [0.4, 0.5) is 77.8 Å². The number of ether oxygens (including phenoxy) is 2. The van der Waals surface area contributed by atoms with E-state index in [1.165, 1.54) is 112 Å². The molecule has 2 saturated heterocycles. The number of aliphatic hydroxyl groups excluding tert-OH is 1. The van der Waals surface area contributed by atoms with Crippen LogP contribution in [0.15, 0.2) is 109 Å². The van der Waals surface area contributed by atoms with Crippen molar-refractivity contribution >= 4 is 158 Å². The summed E-state index contributed by atoms with van der Waals surface area (Å²) >= 11 is 0. The Morgan fingerprint density at radius 3 is 1.24 bits per heavy atom. The Morgan fingerprint density at radius 2 is 0.835 bits per heavy atom. The number of fused-ring (bicyclic) bond motifs is 6. The summed E-state index contributed by atoms with van der Waals surface area (Å²) in [5.41, 5.74) is 15.2. The van der Waals surface area contributed by atoms with Crippen LogP contribution >= 0.6 is 0 Å². The maximum absolute atomic E-state index is 12.0. The quantitative estimate of drug-likeness (QED) is 0.0496. The molecule has 6 aromatic rings. The van der Waals surface area contributed by atoms with Gasteiger partial charge in [0.25, 0.3) is 11.4 Å². The van der Waals surface area contributed by atoms with Gasteiger partial charge in [-0.15, -0.1) is 0 Å². The predicted octanol–water partition coefficient (Wildman–Crippen LogP) is 3.00. The van der Waals surface area contributed by atoms with Crippen molar-refractivity contribution in [3.8, 4) is 0 Å². The minimum absolute atomic E-state index is 0.0111. The minimum Gasteiger partial charge on any atom is -0.442 e. The first-order valence-electron chi connectivity index (χ1n) is 32.5. The first-order chi connectivity index (χ1) is 50.7. The van der Waals surface area contributed by atoms with Crippen LogP contribution < -0.4 is 63.0 Å². The molecule has 5 amide bonds. The van der Waals surface area contributed by atoms with Crippen LogP contribution in [0.5, 0.6) is 0 Å². The molecule has 0 radical (unpaired) electrons. The van der Waals surface area contributed by atoms with Gasteiger partial charge in [-0.1, -0.05) is 0 Å². The Hall–Kier alpha value is -10.9. The third-order valence-corrected chi connectivity index (χ3v) is 27.4. The number of nitrogen functional groups attached to an aromatic ring is 1. The molecule has 6 aromatic carbocycles. The molecule has 39 nitrogen and oxygen atoms in total. The highest BCUT2D eigenvalue weighted by molar-refractivity contribution is 7.93. The lowest BCUT2D eigenvalue weighted by Crippen LogP contribution is -2.34. The number of carbonyl (C=O) groups is 5. The number of nitro benzene ring substituents is 2. The number of anilines is 10. The first-order valence-corrected chi connectivity index (χ1v) is 42.2. The number of nitrogens with one attached hydrogen (secondary N) is 5. The Labute approximate surface area is 627 Å². The second-order valence-corrected chi connectivity index (χ2v) is 37.3. The van der Waals surface area contributed by atoms with E-state index in [4.69, 9.17) is 15.2 Å². The van der Waals surface area contributed by atoms with Crippen LogP contribution in [0.1, 0.15) is 54.2 Å². The Bertz CT molecular complexity index is 5260. The van der Waals surface area contributed by atoms with Crippen molar-refractivity contribution in [2.75, 3.05) is 122 Å². The molecule has 0 spiro atoms. The average Bonchev–Trinajstić information content (AvgIpc) is 1.64. The third-order valence-electron chi connectivity index (χ3n) is 17.6. The van der Waals surface area contributed by atoms with Crippen molar-refractivity contribution in [1.82, 2.24) is 16.0 Å². The van der Waals surface area contributed by atoms with E-state index < -0.39 is 100 Å². The van der Waals surface area contributed by atoms with E-state index in [2.05, 4.69) is 26.0 Å². The van der Waals surface area contributed by atoms with E-state index in [1.807, 2.05) is 0 Å². The summed E-state index contributed by atoms with van der Waals surface area (Å²) in [4.78, 5) is 79.2. The van der Waals surface area contributed by atoms with Gasteiger partial charge in [-0.25, -0.2) is 60.1 Å². The van der Waals surface area contributed by atoms with Crippen LogP contribution in [-0.2, 0) is 119 Å². The molecule has 109 heavy (non-hydrogen) atoms. The predicted molar refractivity (Wildman–Crippen MR) is 404 cm³/mol. The fourth-order valence-electron chi connectivity index (χ4n) is 11.9. The molecule has 0 aliphatic carbocycles. The minimum atomic E-state index is -3.32. The standard InChI is InChI=1S/2C14H17N3O5S.C13H19N3O4S.C8H8N2O4S.C8H10N2O2S.C7H6N2O4S/c2*1-9(18)15-6-12-7-17(14(19)22-12)11-3-4-13-10(5-11)8-23(20,21)16(13)2;1-9(17)14-6-12(18)7-15-11-3-4-13-10(5-11)8-21(19,20)16(13)2;1-9-8-3-2-7(10(11)12)4-6(8)5-15(9,13)14;1-10-8-3-2-7(9)4-6(8)5-13(10,11)12;10-9(11)6-1-2-7-5(3-6)4-14(12,13)8-7/h2*3-5,12H,6-8H2,1-2H3,(H,15,18);3-5,12,15,18H,6-8H2,1-2H3,(H,14,17);2-4H,5H2,1H3;2-4H,5,9H2,1H3;1-3,8H,4H2/t3*12-;;;/m000.../s1. The zero-order valence-corrected chi connectivity index (χ0v) is 64.4. The van der Waals surface area contributed by atoms with E-state index in [9.17, 15) is 99.8 Å². The molecule has 3 atom stereocenters. The zero-order valence-electron chi connectivity index (χ0n) is 59.5. The number of hydrogen-bond acceptors (Lipinski definition) is 26. The number of aliphatic hydroxyl groups is 1. The van der Waals surface area contributed by atoms with Gasteiger partial charge in [0.1, 0.15) is 12.2 Å². The molecule has 2 fully saturated rings. The van der Waals surface area contributed by atoms with Crippen LogP contribution in [-0.4, -0.2) is 188 Å². The van der Waals surface area contributed by atoms with Crippen molar-refractivity contribution in [3.63, 3.8) is 0 Å². The molecule has 588 valence electrons. The van der Waals surface area contributed by atoms with Gasteiger partial charge in [0, 0.05) is 122 Å². The molecule has 8 heterocycles. The normalized spacial score (nSPS) is 19.4. The molecule has 45 heteroatoms.